The van der Waals surface area contributed by atoms with E-state index < -0.39 is 0 Å². The van der Waals surface area contributed by atoms with Crippen LogP contribution in [0, 0.1) is 31.6 Å². The molecule has 1 aliphatic heterocycles. The maximum atomic E-state index is 12.1. The Bertz CT molecular complexity index is 1110. The Labute approximate surface area is 184 Å². The van der Waals surface area contributed by atoms with Crippen molar-refractivity contribution in [1.29, 1.82) is 0 Å². The van der Waals surface area contributed by atoms with E-state index in [1.807, 2.05) is 0 Å². The Balaban J connectivity index is 1.26. The highest BCUT2D eigenvalue weighted by Gasteiger charge is 2.39. The van der Waals surface area contributed by atoms with Crippen molar-refractivity contribution >= 4 is 5.91 Å². The van der Waals surface area contributed by atoms with Gasteiger partial charge >= 0.3 is 0 Å². The zero-order valence-corrected chi connectivity index (χ0v) is 18.7. The summed E-state index contributed by atoms with van der Waals surface area (Å²) in [5.41, 5.74) is 7.32. The molecule has 2 aliphatic rings. The lowest BCUT2D eigenvalue weighted by Crippen LogP contribution is -2.34. The Morgan fingerprint density at radius 1 is 1.06 bits per heavy atom. The van der Waals surface area contributed by atoms with Crippen LogP contribution < -0.4 is 5.32 Å². The number of carbonyl (C=O) groups excluding carboxylic acids is 1. The molecule has 2 aromatic carbocycles. The van der Waals surface area contributed by atoms with Gasteiger partial charge in [-0.25, -0.2) is 4.98 Å². The highest BCUT2D eigenvalue weighted by molar-refractivity contribution is 5.81. The SMILES string of the molecule is Cc1ccc(-c2ccc(-c3cn4c(n3)CCC(CNC(=O)C3CC3C)C4)cc2)cc1C. The maximum absolute atomic E-state index is 12.1. The third-order valence-electron chi connectivity index (χ3n) is 7.12. The van der Waals surface area contributed by atoms with Gasteiger partial charge in [0.15, 0.2) is 0 Å². The molecule has 1 aliphatic carbocycles. The van der Waals surface area contributed by atoms with Crippen molar-refractivity contribution in [2.45, 2.75) is 46.6 Å². The van der Waals surface area contributed by atoms with Crippen LogP contribution in [-0.4, -0.2) is 22.0 Å². The third kappa shape index (κ3) is 4.16. The molecule has 2 heterocycles. The standard InChI is InChI=1S/C27H31N3O/c1-17-4-6-23(12-18(17)2)21-7-9-22(10-8-21)25-16-30-15-20(5-11-26(30)29-25)14-28-27(31)24-13-19(24)3/h4,6-10,12,16,19-20,24H,5,11,13-15H2,1-3H3,(H,28,31). The second-order valence-electron chi connectivity index (χ2n) is 9.54. The Hall–Kier alpha value is -2.88. The third-order valence-corrected chi connectivity index (χ3v) is 7.12. The molecule has 1 saturated carbocycles. The number of amides is 1. The van der Waals surface area contributed by atoms with Gasteiger partial charge in [0.25, 0.3) is 0 Å². The lowest BCUT2D eigenvalue weighted by atomic mass is 9.99. The second kappa shape index (κ2) is 7.99. The molecule has 0 bridgehead atoms. The van der Waals surface area contributed by atoms with Crippen molar-refractivity contribution in [3.63, 3.8) is 0 Å². The van der Waals surface area contributed by atoms with E-state index in [-0.39, 0.29) is 11.8 Å². The molecule has 1 fully saturated rings. The Kier molecular flexibility index (Phi) is 5.17. The molecule has 3 aromatic rings. The number of aromatic nitrogens is 2. The smallest absolute Gasteiger partial charge is 0.223 e. The Morgan fingerprint density at radius 2 is 1.77 bits per heavy atom. The highest BCUT2D eigenvalue weighted by Crippen LogP contribution is 2.37. The van der Waals surface area contributed by atoms with Crippen molar-refractivity contribution in [2.24, 2.45) is 17.8 Å². The lowest BCUT2D eigenvalue weighted by molar-refractivity contribution is -0.122. The zero-order valence-electron chi connectivity index (χ0n) is 18.7. The molecule has 1 aromatic heterocycles. The fourth-order valence-corrected chi connectivity index (χ4v) is 4.64. The number of benzene rings is 2. The van der Waals surface area contributed by atoms with Crippen molar-refractivity contribution in [3.8, 4) is 22.4 Å². The van der Waals surface area contributed by atoms with Gasteiger partial charge in [0, 0.05) is 37.2 Å². The molecular weight excluding hydrogens is 382 g/mol. The first-order chi connectivity index (χ1) is 15.0. The van der Waals surface area contributed by atoms with Crippen LogP contribution in [0.5, 0.6) is 0 Å². The summed E-state index contributed by atoms with van der Waals surface area (Å²) >= 11 is 0. The molecule has 0 saturated heterocycles. The number of carbonyl (C=O) groups is 1. The molecule has 4 nitrogen and oxygen atoms in total. The average Bonchev–Trinajstić information content (AvgIpc) is 3.36. The predicted molar refractivity (Wildman–Crippen MR) is 125 cm³/mol. The molecule has 0 radical (unpaired) electrons. The van der Waals surface area contributed by atoms with Crippen LogP contribution >= 0.6 is 0 Å². The summed E-state index contributed by atoms with van der Waals surface area (Å²) in [5.74, 6) is 2.71. The molecule has 1 amide bonds. The van der Waals surface area contributed by atoms with Crippen molar-refractivity contribution in [2.75, 3.05) is 6.54 Å². The number of rotatable bonds is 5. The van der Waals surface area contributed by atoms with Crippen LogP contribution in [0.15, 0.2) is 48.7 Å². The highest BCUT2D eigenvalue weighted by atomic mass is 16.2. The minimum Gasteiger partial charge on any atom is -0.356 e. The number of hydrogen-bond acceptors (Lipinski definition) is 2. The van der Waals surface area contributed by atoms with Crippen LogP contribution in [0.2, 0.25) is 0 Å². The summed E-state index contributed by atoms with van der Waals surface area (Å²) < 4.78 is 2.28. The van der Waals surface area contributed by atoms with Gasteiger partial charge in [-0.05, 0) is 60.8 Å². The summed E-state index contributed by atoms with van der Waals surface area (Å²) in [6, 6.07) is 15.4. The molecule has 3 unspecified atom stereocenters. The largest absolute Gasteiger partial charge is 0.356 e. The van der Waals surface area contributed by atoms with Gasteiger partial charge < -0.3 is 9.88 Å². The number of aryl methyl sites for hydroxylation is 3. The number of hydrogen-bond donors (Lipinski definition) is 1. The summed E-state index contributed by atoms with van der Waals surface area (Å²) in [7, 11) is 0. The number of imidazole rings is 1. The fourth-order valence-electron chi connectivity index (χ4n) is 4.64. The first-order valence-corrected chi connectivity index (χ1v) is 11.5. The van der Waals surface area contributed by atoms with Crippen LogP contribution in [-0.2, 0) is 17.8 Å². The van der Waals surface area contributed by atoms with E-state index in [1.165, 1.54) is 22.3 Å². The molecular formula is C27H31N3O. The molecule has 3 atom stereocenters. The first-order valence-electron chi connectivity index (χ1n) is 11.5. The van der Waals surface area contributed by atoms with E-state index in [1.54, 1.807) is 0 Å². The van der Waals surface area contributed by atoms with Crippen LogP contribution in [0.4, 0.5) is 0 Å². The van der Waals surface area contributed by atoms with Crippen molar-refractivity contribution in [1.82, 2.24) is 14.9 Å². The number of nitrogens with one attached hydrogen (secondary N) is 1. The Morgan fingerprint density at radius 3 is 2.48 bits per heavy atom. The minimum atomic E-state index is 0.244. The normalized spacial score (nSPS) is 22.1. The molecule has 160 valence electrons. The van der Waals surface area contributed by atoms with Crippen LogP contribution in [0.1, 0.15) is 36.7 Å². The number of fused-ring (bicyclic) bond motifs is 1. The van der Waals surface area contributed by atoms with Crippen molar-refractivity contribution < 1.29 is 4.79 Å². The van der Waals surface area contributed by atoms with Crippen LogP contribution in [0.25, 0.3) is 22.4 Å². The minimum absolute atomic E-state index is 0.244. The molecule has 31 heavy (non-hydrogen) atoms. The average molecular weight is 414 g/mol. The van der Waals surface area contributed by atoms with Gasteiger partial charge in [-0.1, -0.05) is 49.4 Å². The van der Waals surface area contributed by atoms with E-state index in [4.69, 9.17) is 4.98 Å². The maximum Gasteiger partial charge on any atom is 0.223 e. The topological polar surface area (TPSA) is 46.9 Å². The van der Waals surface area contributed by atoms with Gasteiger partial charge in [0.05, 0.1) is 5.69 Å². The summed E-state index contributed by atoms with van der Waals surface area (Å²) in [4.78, 5) is 17.0. The monoisotopic (exact) mass is 413 g/mol. The van der Waals surface area contributed by atoms with E-state index in [9.17, 15) is 4.79 Å². The number of nitrogens with zero attached hydrogens (tertiary/aromatic N) is 2. The molecule has 1 N–H and O–H groups in total. The molecule has 5 rings (SSSR count). The van der Waals surface area contributed by atoms with Gasteiger partial charge in [-0.15, -0.1) is 0 Å². The second-order valence-corrected chi connectivity index (χ2v) is 9.54. The van der Waals surface area contributed by atoms with E-state index in [0.717, 1.165) is 49.4 Å². The van der Waals surface area contributed by atoms with Gasteiger partial charge in [0.1, 0.15) is 5.82 Å². The van der Waals surface area contributed by atoms with Gasteiger partial charge in [-0.2, -0.15) is 0 Å². The zero-order chi connectivity index (χ0) is 21.5. The van der Waals surface area contributed by atoms with Gasteiger partial charge in [-0.3, -0.25) is 4.79 Å². The van der Waals surface area contributed by atoms with Gasteiger partial charge in [0.2, 0.25) is 5.91 Å². The summed E-state index contributed by atoms with van der Waals surface area (Å²) in [6.07, 6.45) is 5.29. The van der Waals surface area contributed by atoms with Crippen molar-refractivity contribution in [3.05, 3.63) is 65.6 Å². The van der Waals surface area contributed by atoms with E-state index in [2.05, 4.69) is 79.3 Å². The summed E-state index contributed by atoms with van der Waals surface area (Å²) in [6.45, 7) is 8.17. The summed E-state index contributed by atoms with van der Waals surface area (Å²) in [5, 5.41) is 3.17. The molecule has 4 heteroatoms. The van der Waals surface area contributed by atoms with E-state index >= 15 is 0 Å². The first kappa shape index (κ1) is 20.0. The predicted octanol–water partition coefficient (Wildman–Crippen LogP) is 5.17. The van der Waals surface area contributed by atoms with E-state index in [0.29, 0.717) is 11.8 Å². The fraction of sp³-hybridized carbons (Fsp3) is 0.407. The lowest BCUT2D eigenvalue weighted by Gasteiger charge is -2.23. The molecule has 0 spiro atoms. The quantitative estimate of drug-likeness (QED) is 0.627. The van der Waals surface area contributed by atoms with Crippen LogP contribution in [0.3, 0.4) is 0 Å².